The number of nitrogens with zero attached hydrogens (tertiary/aromatic N) is 1. The van der Waals surface area contributed by atoms with E-state index in [2.05, 4.69) is 0 Å². The molecular weight excluding hydrogens is 202 g/mol. The van der Waals surface area contributed by atoms with E-state index in [0.717, 1.165) is 25.9 Å². The third kappa shape index (κ3) is 2.97. The summed E-state index contributed by atoms with van der Waals surface area (Å²) >= 11 is 0. The molecule has 1 saturated carbocycles. The predicted molar refractivity (Wildman–Crippen MR) is 63.0 cm³/mol. The second-order valence-corrected chi connectivity index (χ2v) is 5.39. The molecular formula is C13H23NO2. The Labute approximate surface area is 97.8 Å². The molecule has 1 unspecified atom stereocenters. The van der Waals surface area contributed by atoms with Crippen molar-refractivity contribution in [2.45, 2.75) is 44.9 Å². The number of hydrogen-bond donors (Lipinski definition) is 1. The largest absolute Gasteiger partial charge is 0.396 e. The minimum absolute atomic E-state index is 0.229. The van der Waals surface area contributed by atoms with Crippen LogP contribution in [0.2, 0.25) is 0 Å². The first kappa shape index (κ1) is 11.9. The van der Waals surface area contributed by atoms with Gasteiger partial charge in [0.05, 0.1) is 0 Å². The van der Waals surface area contributed by atoms with Gasteiger partial charge in [-0.05, 0) is 25.2 Å². The second kappa shape index (κ2) is 5.67. The minimum Gasteiger partial charge on any atom is -0.396 e. The van der Waals surface area contributed by atoms with E-state index in [4.69, 9.17) is 5.11 Å². The monoisotopic (exact) mass is 225 g/mol. The van der Waals surface area contributed by atoms with Gasteiger partial charge < -0.3 is 10.0 Å². The standard InChI is InChI=1S/C13H23NO2/c15-10-12-6-7-14(9-12)13(16)8-11-4-2-1-3-5-11/h11-12,15H,1-10H2. The Morgan fingerprint density at radius 2 is 1.88 bits per heavy atom. The number of amides is 1. The summed E-state index contributed by atoms with van der Waals surface area (Å²) in [4.78, 5) is 14.0. The van der Waals surface area contributed by atoms with Crippen molar-refractivity contribution in [3.05, 3.63) is 0 Å². The van der Waals surface area contributed by atoms with Gasteiger partial charge in [-0.25, -0.2) is 0 Å². The summed E-state index contributed by atoms with van der Waals surface area (Å²) in [5.41, 5.74) is 0. The molecule has 0 radical (unpaired) electrons. The van der Waals surface area contributed by atoms with Gasteiger partial charge in [-0.3, -0.25) is 4.79 Å². The van der Waals surface area contributed by atoms with Gasteiger partial charge in [0.15, 0.2) is 0 Å². The first-order chi connectivity index (χ1) is 7.79. The summed E-state index contributed by atoms with van der Waals surface area (Å²) in [7, 11) is 0. The van der Waals surface area contributed by atoms with Gasteiger partial charge in [-0.2, -0.15) is 0 Å². The molecule has 0 spiro atoms. The fraction of sp³-hybridized carbons (Fsp3) is 0.923. The highest BCUT2D eigenvalue weighted by Crippen LogP contribution is 2.27. The highest BCUT2D eigenvalue weighted by molar-refractivity contribution is 5.76. The predicted octanol–water partition coefficient (Wildman–Crippen LogP) is 1.80. The average Bonchev–Trinajstić information content (AvgIpc) is 2.79. The van der Waals surface area contributed by atoms with Gasteiger partial charge in [0, 0.05) is 32.0 Å². The van der Waals surface area contributed by atoms with E-state index in [1.807, 2.05) is 4.90 Å². The van der Waals surface area contributed by atoms with Crippen molar-refractivity contribution < 1.29 is 9.90 Å². The molecule has 1 heterocycles. The van der Waals surface area contributed by atoms with E-state index in [0.29, 0.717) is 17.7 Å². The van der Waals surface area contributed by atoms with Gasteiger partial charge in [0.2, 0.25) is 5.91 Å². The van der Waals surface area contributed by atoms with Gasteiger partial charge in [-0.1, -0.05) is 19.3 Å². The molecule has 1 amide bonds. The van der Waals surface area contributed by atoms with Crippen molar-refractivity contribution in [2.24, 2.45) is 11.8 Å². The lowest BCUT2D eigenvalue weighted by Gasteiger charge is -2.24. The molecule has 1 aliphatic heterocycles. The smallest absolute Gasteiger partial charge is 0.222 e. The van der Waals surface area contributed by atoms with Crippen molar-refractivity contribution in [2.75, 3.05) is 19.7 Å². The van der Waals surface area contributed by atoms with E-state index in [-0.39, 0.29) is 6.61 Å². The van der Waals surface area contributed by atoms with Crippen molar-refractivity contribution in [1.29, 1.82) is 0 Å². The van der Waals surface area contributed by atoms with Gasteiger partial charge in [-0.15, -0.1) is 0 Å². The Morgan fingerprint density at radius 1 is 1.12 bits per heavy atom. The lowest BCUT2D eigenvalue weighted by atomic mass is 9.87. The maximum atomic E-state index is 12.0. The molecule has 92 valence electrons. The molecule has 2 rings (SSSR count). The van der Waals surface area contributed by atoms with Gasteiger partial charge in [0.1, 0.15) is 0 Å². The zero-order valence-electron chi connectivity index (χ0n) is 10.0. The molecule has 1 saturated heterocycles. The number of carbonyl (C=O) groups is 1. The lowest BCUT2D eigenvalue weighted by molar-refractivity contribution is -0.131. The molecule has 1 N–H and O–H groups in total. The zero-order chi connectivity index (χ0) is 11.4. The third-order valence-corrected chi connectivity index (χ3v) is 4.08. The summed E-state index contributed by atoms with van der Waals surface area (Å²) < 4.78 is 0. The zero-order valence-corrected chi connectivity index (χ0v) is 10.0. The SMILES string of the molecule is O=C(CC1CCCCC1)N1CCC(CO)C1. The van der Waals surface area contributed by atoms with Crippen LogP contribution < -0.4 is 0 Å². The summed E-state index contributed by atoms with van der Waals surface area (Å²) in [5, 5.41) is 9.05. The van der Waals surface area contributed by atoms with Gasteiger partial charge >= 0.3 is 0 Å². The van der Waals surface area contributed by atoms with E-state index in [1.54, 1.807) is 0 Å². The van der Waals surface area contributed by atoms with Crippen LogP contribution in [0, 0.1) is 11.8 Å². The van der Waals surface area contributed by atoms with Crippen LogP contribution >= 0.6 is 0 Å². The number of rotatable bonds is 3. The Balaban J connectivity index is 1.75. The van der Waals surface area contributed by atoms with Crippen LogP contribution in [0.3, 0.4) is 0 Å². The summed E-state index contributed by atoms with van der Waals surface area (Å²) in [6, 6.07) is 0. The first-order valence-electron chi connectivity index (χ1n) is 6.68. The molecule has 2 fully saturated rings. The topological polar surface area (TPSA) is 40.5 Å². The Bertz CT molecular complexity index is 236. The van der Waals surface area contributed by atoms with Crippen LogP contribution in [0.4, 0.5) is 0 Å². The fourth-order valence-corrected chi connectivity index (χ4v) is 2.98. The maximum Gasteiger partial charge on any atom is 0.222 e. The number of likely N-dealkylation sites (tertiary alicyclic amines) is 1. The molecule has 0 aromatic heterocycles. The van der Waals surface area contributed by atoms with Crippen LogP contribution in [0.5, 0.6) is 0 Å². The molecule has 0 aromatic carbocycles. The molecule has 1 aliphatic carbocycles. The number of hydrogen-bond acceptors (Lipinski definition) is 2. The third-order valence-electron chi connectivity index (χ3n) is 4.08. The van der Waals surface area contributed by atoms with Crippen molar-refractivity contribution >= 4 is 5.91 Å². The van der Waals surface area contributed by atoms with Crippen LogP contribution in [0.1, 0.15) is 44.9 Å². The van der Waals surface area contributed by atoms with E-state index < -0.39 is 0 Å². The van der Waals surface area contributed by atoms with Gasteiger partial charge in [0.25, 0.3) is 0 Å². The van der Waals surface area contributed by atoms with Crippen LogP contribution in [0.15, 0.2) is 0 Å². The Hall–Kier alpha value is -0.570. The summed E-state index contributed by atoms with van der Waals surface area (Å²) in [6.07, 6.45) is 8.16. The minimum atomic E-state index is 0.229. The first-order valence-corrected chi connectivity index (χ1v) is 6.68. The molecule has 3 heteroatoms. The lowest BCUT2D eigenvalue weighted by Crippen LogP contribution is -2.31. The van der Waals surface area contributed by atoms with Crippen LogP contribution in [0.25, 0.3) is 0 Å². The number of aliphatic hydroxyl groups is 1. The highest BCUT2D eigenvalue weighted by atomic mass is 16.3. The van der Waals surface area contributed by atoms with E-state index in [1.165, 1.54) is 32.1 Å². The van der Waals surface area contributed by atoms with Crippen LogP contribution in [-0.2, 0) is 4.79 Å². The Morgan fingerprint density at radius 3 is 2.50 bits per heavy atom. The quantitative estimate of drug-likeness (QED) is 0.795. The van der Waals surface area contributed by atoms with Crippen molar-refractivity contribution in [1.82, 2.24) is 4.90 Å². The molecule has 0 bridgehead atoms. The molecule has 16 heavy (non-hydrogen) atoms. The maximum absolute atomic E-state index is 12.0. The summed E-state index contributed by atoms with van der Waals surface area (Å²) in [5.74, 6) is 1.28. The number of carbonyl (C=O) groups excluding carboxylic acids is 1. The van der Waals surface area contributed by atoms with Crippen molar-refractivity contribution in [3.63, 3.8) is 0 Å². The second-order valence-electron chi connectivity index (χ2n) is 5.39. The van der Waals surface area contributed by atoms with E-state index in [9.17, 15) is 4.79 Å². The highest BCUT2D eigenvalue weighted by Gasteiger charge is 2.27. The Kier molecular flexibility index (Phi) is 4.22. The fourth-order valence-electron chi connectivity index (χ4n) is 2.98. The molecule has 1 atom stereocenters. The van der Waals surface area contributed by atoms with Crippen LogP contribution in [-0.4, -0.2) is 35.6 Å². The van der Waals surface area contributed by atoms with E-state index >= 15 is 0 Å². The number of aliphatic hydroxyl groups excluding tert-OH is 1. The molecule has 3 nitrogen and oxygen atoms in total. The normalized spacial score (nSPS) is 27.3. The molecule has 0 aromatic rings. The van der Waals surface area contributed by atoms with Crippen molar-refractivity contribution in [3.8, 4) is 0 Å². The average molecular weight is 225 g/mol. The molecule has 2 aliphatic rings. The summed E-state index contributed by atoms with van der Waals surface area (Å²) in [6.45, 7) is 1.87.